The number of nitrogens with one attached hydrogen (secondary N) is 1. The van der Waals surface area contributed by atoms with Gasteiger partial charge in [0.2, 0.25) is 5.91 Å². The van der Waals surface area contributed by atoms with E-state index >= 15 is 0 Å². The van der Waals surface area contributed by atoms with Gasteiger partial charge in [-0.3, -0.25) is 9.59 Å². The van der Waals surface area contributed by atoms with Crippen molar-refractivity contribution < 1.29 is 14.3 Å². The minimum Gasteiger partial charge on any atom is -0.483 e. The Labute approximate surface area is 129 Å². The number of para-hydroxylation sites is 1. The van der Waals surface area contributed by atoms with E-state index in [9.17, 15) is 9.59 Å². The lowest BCUT2D eigenvalue weighted by atomic mass is 10.2. The third-order valence-corrected chi connectivity index (χ3v) is 2.89. The molecule has 0 aliphatic heterocycles. The van der Waals surface area contributed by atoms with Gasteiger partial charge < -0.3 is 20.7 Å². The van der Waals surface area contributed by atoms with Gasteiger partial charge in [-0.25, -0.2) is 0 Å². The molecule has 0 radical (unpaired) electrons. The molecule has 0 aromatic heterocycles. The zero-order valence-electron chi connectivity index (χ0n) is 12.1. The van der Waals surface area contributed by atoms with Crippen LogP contribution in [0.2, 0.25) is 0 Å². The Bertz CT molecular complexity index is 532. The van der Waals surface area contributed by atoms with Crippen LogP contribution >= 0.6 is 12.2 Å². The minimum absolute atomic E-state index is 0.0463. The summed E-state index contributed by atoms with van der Waals surface area (Å²) in [5.41, 5.74) is 6.16. The molecule has 0 aliphatic rings. The van der Waals surface area contributed by atoms with Crippen LogP contribution in [0.1, 0.15) is 12.0 Å². The van der Waals surface area contributed by atoms with Gasteiger partial charge in [0.25, 0.3) is 5.91 Å². The van der Waals surface area contributed by atoms with Gasteiger partial charge in [-0.2, -0.15) is 0 Å². The molecule has 1 aromatic carbocycles. The molecule has 0 atom stereocenters. The fourth-order valence-corrected chi connectivity index (χ4v) is 1.69. The molecule has 1 rings (SSSR count). The van der Waals surface area contributed by atoms with E-state index in [1.54, 1.807) is 38.4 Å². The summed E-state index contributed by atoms with van der Waals surface area (Å²) in [4.78, 5) is 24.6. The predicted octanol–water partition coefficient (Wildman–Crippen LogP) is 0.294. The third-order valence-electron chi connectivity index (χ3n) is 2.67. The highest BCUT2D eigenvalue weighted by atomic mass is 32.1. The van der Waals surface area contributed by atoms with Crippen molar-refractivity contribution in [2.45, 2.75) is 6.42 Å². The predicted molar refractivity (Wildman–Crippen MR) is 84.1 cm³/mol. The lowest BCUT2D eigenvalue weighted by Crippen LogP contribution is -2.33. The second-order valence-corrected chi connectivity index (χ2v) is 4.98. The van der Waals surface area contributed by atoms with E-state index in [1.807, 2.05) is 0 Å². The molecule has 1 aromatic rings. The quantitative estimate of drug-likeness (QED) is 0.707. The molecule has 0 fully saturated rings. The van der Waals surface area contributed by atoms with Crippen molar-refractivity contribution in [1.29, 1.82) is 0 Å². The molecule has 0 heterocycles. The molecule has 0 saturated carbocycles. The number of rotatable bonds is 7. The van der Waals surface area contributed by atoms with Crippen LogP contribution in [0, 0.1) is 0 Å². The zero-order valence-corrected chi connectivity index (χ0v) is 12.9. The summed E-state index contributed by atoms with van der Waals surface area (Å²) in [6, 6.07) is 6.97. The fourth-order valence-electron chi connectivity index (χ4n) is 1.52. The number of carbonyl (C=O) groups excluding carboxylic acids is 2. The number of carbonyl (C=O) groups is 2. The first kappa shape index (κ1) is 16.9. The highest BCUT2D eigenvalue weighted by molar-refractivity contribution is 7.80. The van der Waals surface area contributed by atoms with Crippen LogP contribution in [0.15, 0.2) is 24.3 Å². The summed E-state index contributed by atoms with van der Waals surface area (Å²) in [5.74, 6) is 0.110. The maximum atomic E-state index is 11.6. The van der Waals surface area contributed by atoms with Gasteiger partial charge in [0.1, 0.15) is 10.7 Å². The number of amides is 2. The van der Waals surface area contributed by atoms with Gasteiger partial charge >= 0.3 is 0 Å². The fraction of sp³-hybridized carbons (Fsp3) is 0.357. The largest absolute Gasteiger partial charge is 0.483 e. The number of thiocarbonyl (C=S) groups is 1. The topological polar surface area (TPSA) is 84.7 Å². The minimum atomic E-state index is -0.306. The van der Waals surface area contributed by atoms with Gasteiger partial charge in [0.05, 0.1) is 5.56 Å². The summed E-state index contributed by atoms with van der Waals surface area (Å²) in [5, 5.41) is 2.61. The molecule has 2 amide bonds. The highest BCUT2D eigenvalue weighted by Crippen LogP contribution is 2.17. The number of benzene rings is 1. The maximum Gasteiger partial charge on any atom is 0.257 e. The summed E-state index contributed by atoms with van der Waals surface area (Å²) >= 11 is 4.91. The molecule has 114 valence electrons. The van der Waals surface area contributed by atoms with Crippen LogP contribution in [-0.2, 0) is 9.59 Å². The van der Waals surface area contributed by atoms with Gasteiger partial charge in [0.15, 0.2) is 6.61 Å². The first-order chi connectivity index (χ1) is 9.91. The number of hydrogen-bond acceptors (Lipinski definition) is 4. The van der Waals surface area contributed by atoms with Crippen LogP contribution < -0.4 is 15.8 Å². The lowest BCUT2D eigenvalue weighted by Gasteiger charge is -2.12. The Morgan fingerprint density at radius 1 is 1.33 bits per heavy atom. The van der Waals surface area contributed by atoms with Crippen molar-refractivity contribution in [2.75, 3.05) is 27.2 Å². The lowest BCUT2D eigenvalue weighted by molar-refractivity contribution is -0.128. The Kier molecular flexibility index (Phi) is 6.61. The monoisotopic (exact) mass is 309 g/mol. The first-order valence-corrected chi connectivity index (χ1v) is 6.81. The Hall–Kier alpha value is -2.15. The average Bonchev–Trinajstić information content (AvgIpc) is 2.45. The molecular formula is C14H19N3O3S. The van der Waals surface area contributed by atoms with Crippen molar-refractivity contribution in [3.8, 4) is 5.75 Å². The molecule has 0 aliphatic carbocycles. The van der Waals surface area contributed by atoms with E-state index in [-0.39, 0.29) is 36.4 Å². The van der Waals surface area contributed by atoms with Crippen molar-refractivity contribution in [2.24, 2.45) is 5.73 Å². The average molecular weight is 309 g/mol. The molecule has 7 heteroatoms. The van der Waals surface area contributed by atoms with Gasteiger partial charge in [0, 0.05) is 27.1 Å². The van der Waals surface area contributed by atoms with E-state index < -0.39 is 0 Å². The van der Waals surface area contributed by atoms with Crippen LogP contribution in [0.5, 0.6) is 5.75 Å². The van der Waals surface area contributed by atoms with Gasteiger partial charge in [-0.1, -0.05) is 24.4 Å². The van der Waals surface area contributed by atoms with Crippen molar-refractivity contribution >= 4 is 29.0 Å². The molecule has 21 heavy (non-hydrogen) atoms. The maximum absolute atomic E-state index is 11.6. The van der Waals surface area contributed by atoms with E-state index in [0.29, 0.717) is 11.3 Å². The Morgan fingerprint density at radius 3 is 2.62 bits per heavy atom. The number of hydrogen-bond donors (Lipinski definition) is 2. The molecule has 0 bridgehead atoms. The van der Waals surface area contributed by atoms with E-state index in [0.717, 1.165) is 0 Å². The van der Waals surface area contributed by atoms with Crippen molar-refractivity contribution in [3.05, 3.63) is 29.8 Å². The summed E-state index contributed by atoms with van der Waals surface area (Å²) < 4.78 is 5.39. The smallest absolute Gasteiger partial charge is 0.257 e. The second-order valence-electron chi connectivity index (χ2n) is 4.54. The van der Waals surface area contributed by atoms with E-state index in [1.165, 1.54) is 4.90 Å². The first-order valence-electron chi connectivity index (χ1n) is 6.40. The molecular weight excluding hydrogens is 290 g/mol. The number of nitrogens with zero attached hydrogens (tertiary/aromatic N) is 1. The van der Waals surface area contributed by atoms with Crippen molar-refractivity contribution in [3.63, 3.8) is 0 Å². The van der Waals surface area contributed by atoms with Gasteiger partial charge in [-0.05, 0) is 12.1 Å². The second kappa shape index (κ2) is 8.21. The molecule has 6 nitrogen and oxygen atoms in total. The van der Waals surface area contributed by atoms with E-state index in [2.05, 4.69) is 5.32 Å². The number of ether oxygens (including phenoxy) is 1. The Balaban J connectivity index is 2.40. The summed E-state index contributed by atoms with van der Waals surface area (Å²) in [7, 11) is 3.33. The normalized spacial score (nSPS) is 9.81. The van der Waals surface area contributed by atoms with Crippen LogP contribution in [-0.4, -0.2) is 48.9 Å². The van der Waals surface area contributed by atoms with Crippen LogP contribution in [0.25, 0.3) is 0 Å². The number of nitrogens with two attached hydrogens (primary N) is 1. The SMILES string of the molecule is CN(C)C(=O)CCNC(=O)COc1ccccc1C(N)=S. The van der Waals surface area contributed by atoms with Gasteiger partial charge in [-0.15, -0.1) is 0 Å². The Morgan fingerprint density at radius 2 is 2.00 bits per heavy atom. The summed E-state index contributed by atoms with van der Waals surface area (Å²) in [6.07, 6.45) is 0.252. The molecule has 0 spiro atoms. The van der Waals surface area contributed by atoms with Crippen molar-refractivity contribution in [1.82, 2.24) is 10.2 Å². The van der Waals surface area contributed by atoms with E-state index in [4.69, 9.17) is 22.7 Å². The standard InChI is InChI=1S/C14H19N3O3S/c1-17(2)13(19)7-8-16-12(18)9-20-11-6-4-3-5-10(11)14(15)21/h3-6H,7-9H2,1-2H3,(H2,15,21)(H,16,18). The third kappa shape index (κ3) is 5.78. The highest BCUT2D eigenvalue weighted by Gasteiger charge is 2.09. The van der Waals surface area contributed by atoms with Crippen LogP contribution in [0.4, 0.5) is 0 Å². The zero-order chi connectivity index (χ0) is 15.8. The summed E-state index contributed by atoms with van der Waals surface area (Å²) in [6.45, 7) is 0.117. The van der Waals surface area contributed by atoms with Crippen LogP contribution in [0.3, 0.4) is 0 Å². The molecule has 3 N–H and O–H groups in total. The molecule has 0 unspecified atom stereocenters. The molecule has 0 saturated heterocycles.